The van der Waals surface area contributed by atoms with Gasteiger partial charge in [-0.15, -0.1) is 0 Å². The van der Waals surface area contributed by atoms with Crippen molar-refractivity contribution >= 4 is 34.0 Å². The Balaban J connectivity index is 1.20. The van der Waals surface area contributed by atoms with Crippen molar-refractivity contribution in [2.75, 3.05) is 5.32 Å². The highest BCUT2D eigenvalue weighted by Crippen LogP contribution is 2.28. The van der Waals surface area contributed by atoms with Crippen LogP contribution in [0.1, 0.15) is 21.5 Å². The van der Waals surface area contributed by atoms with E-state index in [1.54, 1.807) is 12.1 Å². The lowest BCUT2D eigenvalue weighted by atomic mass is 10.1. The fraction of sp³-hybridized carbons (Fsp3) is 0.0645. The SMILES string of the molecule is O=C(Cc1ccc(Oc2ccc3cc(OCc4ccccc4)ccc3c2)nc1)Nc1cc([N+](=O)[O-])ccc1C(=O)O. The summed E-state index contributed by atoms with van der Waals surface area (Å²) >= 11 is 0. The van der Waals surface area contributed by atoms with Crippen LogP contribution in [0.5, 0.6) is 17.4 Å². The fourth-order valence-corrected chi connectivity index (χ4v) is 4.11. The number of rotatable bonds is 10. The van der Waals surface area contributed by atoms with Gasteiger partial charge in [-0.05, 0) is 52.2 Å². The zero-order valence-electron chi connectivity index (χ0n) is 21.5. The summed E-state index contributed by atoms with van der Waals surface area (Å²) in [7, 11) is 0. The minimum Gasteiger partial charge on any atom is -0.489 e. The molecule has 0 saturated carbocycles. The molecule has 1 aromatic heterocycles. The molecule has 1 heterocycles. The van der Waals surface area contributed by atoms with Gasteiger partial charge >= 0.3 is 5.97 Å². The third kappa shape index (κ3) is 6.82. The van der Waals surface area contributed by atoms with Crippen LogP contribution in [0.2, 0.25) is 0 Å². The van der Waals surface area contributed by atoms with Gasteiger partial charge in [-0.3, -0.25) is 14.9 Å². The molecule has 10 heteroatoms. The van der Waals surface area contributed by atoms with Gasteiger partial charge < -0.3 is 19.9 Å². The molecule has 41 heavy (non-hydrogen) atoms. The number of anilines is 1. The molecule has 0 atom stereocenters. The van der Waals surface area contributed by atoms with Crippen molar-refractivity contribution in [1.29, 1.82) is 0 Å². The van der Waals surface area contributed by atoms with E-state index in [0.717, 1.165) is 40.3 Å². The van der Waals surface area contributed by atoms with E-state index in [9.17, 15) is 24.8 Å². The smallest absolute Gasteiger partial charge is 0.337 e. The number of carboxylic acids is 1. The number of carbonyl (C=O) groups excluding carboxylic acids is 1. The van der Waals surface area contributed by atoms with Crippen molar-refractivity contribution in [3.63, 3.8) is 0 Å². The molecule has 0 radical (unpaired) electrons. The second kappa shape index (κ2) is 12.0. The Morgan fingerprint density at radius 2 is 1.59 bits per heavy atom. The van der Waals surface area contributed by atoms with Crippen molar-refractivity contribution < 1.29 is 29.1 Å². The lowest BCUT2D eigenvalue weighted by Crippen LogP contribution is -2.17. The molecule has 4 aromatic carbocycles. The van der Waals surface area contributed by atoms with Gasteiger partial charge in [0, 0.05) is 24.4 Å². The molecule has 0 aliphatic heterocycles. The minimum absolute atomic E-state index is 0.125. The molecule has 5 aromatic rings. The number of carboxylic acid groups (broad SMARTS) is 1. The summed E-state index contributed by atoms with van der Waals surface area (Å²) in [6, 6.07) is 27.8. The monoisotopic (exact) mass is 549 g/mol. The number of nitrogens with zero attached hydrogens (tertiary/aromatic N) is 2. The molecule has 1 amide bonds. The molecule has 204 valence electrons. The van der Waals surface area contributed by atoms with Crippen LogP contribution in [0.25, 0.3) is 10.8 Å². The standard InChI is InChI=1S/C31H23N3O7/c35-29(33-28-17-24(34(38)39)9-12-27(28)31(36)37)14-21-6-13-30(32-18-21)41-26-11-8-22-15-25(10-7-23(22)16-26)40-19-20-4-2-1-3-5-20/h1-13,15-18H,14,19H2,(H,33,35)(H,36,37). The van der Waals surface area contributed by atoms with E-state index in [1.165, 1.54) is 6.20 Å². The first-order valence-electron chi connectivity index (χ1n) is 12.5. The maximum absolute atomic E-state index is 12.5. The topological polar surface area (TPSA) is 141 Å². The zero-order chi connectivity index (χ0) is 28.8. The van der Waals surface area contributed by atoms with E-state index in [4.69, 9.17) is 9.47 Å². The predicted molar refractivity (Wildman–Crippen MR) is 151 cm³/mol. The molecule has 0 aliphatic carbocycles. The minimum atomic E-state index is -1.32. The van der Waals surface area contributed by atoms with Crippen LogP contribution in [0, 0.1) is 10.1 Å². The number of carbonyl (C=O) groups is 2. The summed E-state index contributed by atoms with van der Waals surface area (Å²) in [5.41, 5.74) is 0.885. The molecule has 0 unspecified atom stereocenters. The number of nitrogens with one attached hydrogen (secondary N) is 1. The van der Waals surface area contributed by atoms with E-state index >= 15 is 0 Å². The number of pyridine rings is 1. The lowest BCUT2D eigenvalue weighted by Gasteiger charge is -2.10. The van der Waals surface area contributed by atoms with Gasteiger partial charge in [-0.25, -0.2) is 9.78 Å². The number of ether oxygens (including phenoxy) is 2. The highest BCUT2D eigenvalue weighted by molar-refractivity contribution is 6.01. The van der Waals surface area contributed by atoms with Gasteiger partial charge in [-0.1, -0.05) is 48.5 Å². The Bertz CT molecular complexity index is 1740. The summed E-state index contributed by atoms with van der Waals surface area (Å²) in [5.74, 6) is -0.196. The van der Waals surface area contributed by atoms with E-state index in [-0.39, 0.29) is 23.4 Å². The Morgan fingerprint density at radius 1 is 0.854 bits per heavy atom. The summed E-state index contributed by atoms with van der Waals surface area (Å²) < 4.78 is 11.8. The van der Waals surface area contributed by atoms with Gasteiger partial charge in [0.25, 0.3) is 5.69 Å². The quantitative estimate of drug-likeness (QED) is 0.151. The summed E-state index contributed by atoms with van der Waals surface area (Å²) in [4.78, 5) is 38.6. The van der Waals surface area contributed by atoms with Gasteiger partial charge in [0.2, 0.25) is 11.8 Å². The predicted octanol–water partition coefficient (Wildman–Crippen LogP) is 6.39. The molecule has 0 bridgehead atoms. The molecule has 2 N–H and O–H groups in total. The molecule has 0 saturated heterocycles. The van der Waals surface area contributed by atoms with Crippen LogP contribution in [-0.4, -0.2) is 26.9 Å². The number of nitro benzene ring substituents is 1. The number of aromatic nitrogens is 1. The molecule has 0 fully saturated rings. The molecular weight excluding hydrogens is 526 g/mol. The zero-order valence-corrected chi connectivity index (χ0v) is 21.5. The average molecular weight is 550 g/mol. The van der Waals surface area contributed by atoms with Crippen LogP contribution in [0.15, 0.2) is 103 Å². The normalized spacial score (nSPS) is 10.6. The second-order valence-electron chi connectivity index (χ2n) is 9.07. The Hall–Kier alpha value is -5.77. The Kier molecular flexibility index (Phi) is 7.82. The Morgan fingerprint density at radius 3 is 2.27 bits per heavy atom. The maximum Gasteiger partial charge on any atom is 0.337 e. The fourth-order valence-electron chi connectivity index (χ4n) is 4.11. The number of amides is 1. The van der Waals surface area contributed by atoms with Crippen LogP contribution < -0.4 is 14.8 Å². The van der Waals surface area contributed by atoms with Crippen LogP contribution in [-0.2, 0) is 17.8 Å². The van der Waals surface area contributed by atoms with E-state index < -0.39 is 16.8 Å². The van der Waals surface area contributed by atoms with E-state index in [2.05, 4.69) is 10.3 Å². The van der Waals surface area contributed by atoms with Crippen molar-refractivity contribution in [1.82, 2.24) is 4.98 Å². The lowest BCUT2D eigenvalue weighted by molar-refractivity contribution is -0.384. The Labute approximate surface area is 234 Å². The molecule has 0 spiro atoms. The molecule has 5 rings (SSSR count). The average Bonchev–Trinajstić information content (AvgIpc) is 2.97. The molecule has 0 aliphatic rings. The number of fused-ring (bicyclic) bond motifs is 1. The van der Waals surface area contributed by atoms with Gasteiger partial charge in [0.15, 0.2) is 0 Å². The van der Waals surface area contributed by atoms with Gasteiger partial charge in [0.05, 0.1) is 22.6 Å². The van der Waals surface area contributed by atoms with Gasteiger partial charge in [0.1, 0.15) is 18.1 Å². The van der Waals surface area contributed by atoms with Gasteiger partial charge in [-0.2, -0.15) is 0 Å². The summed E-state index contributed by atoms with van der Waals surface area (Å²) in [5, 5.41) is 24.8. The second-order valence-corrected chi connectivity index (χ2v) is 9.07. The summed E-state index contributed by atoms with van der Waals surface area (Å²) in [6.45, 7) is 0.481. The van der Waals surface area contributed by atoms with Crippen molar-refractivity contribution in [2.24, 2.45) is 0 Å². The van der Waals surface area contributed by atoms with E-state index in [1.807, 2.05) is 66.7 Å². The van der Waals surface area contributed by atoms with Crippen LogP contribution >= 0.6 is 0 Å². The highest BCUT2D eigenvalue weighted by Gasteiger charge is 2.17. The first kappa shape index (κ1) is 26.8. The van der Waals surface area contributed by atoms with Crippen LogP contribution in [0.3, 0.4) is 0 Å². The first-order chi connectivity index (χ1) is 19.8. The summed E-state index contributed by atoms with van der Waals surface area (Å²) in [6.07, 6.45) is 1.34. The largest absolute Gasteiger partial charge is 0.489 e. The number of benzene rings is 4. The number of hydrogen-bond acceptors (Lipinski definition) is 7. The molecule has 10 nitrogen and oxygen atoms in total. The highest BCUT2D eigenvalue weighted by atomic mass is 16.6. The third-order valence-corrected chi connectivity index (χ3v) is 6.13. The number of nitro groups is 1. The first-order valence-corrected chi connectivity index (χ1v) is 12.5. The van der Waals surface area contributed by atoms with E-state index in [0.29, 0.717) is 23.8 Å². The number of aromatic carboxylic acids is 1. The number of non-ortho nitro benzene ring substituents is 1. The maximum atomic E-state index is 12.5. The molecular formula is C31H23N3O7. The van der Waals surface area contributed by atoms with Crippen molar-refractivity contribution in [2.45, 2.75) is 13.0 Å². The number of hydrogen-bond donors (Lipinski definition) is 2. The van der Waals surface area contributed by atoms with Crippen molar-refractivity contribution in [3.8, 4) is 17.4 Å². The van der Waals surface area contributed by atoms with Crippen LogP contribution in [0.4, 0.5) is 11.4 Å². The third-order valence-electron chi connectivity index (χ3n) is 6.13. The van der Waals surface area contributed by atoms with Crippen molar-refractivity contribution in [3.05, 3.63) is 130 Å².